The van der Waals surface area contributed by atoms with Crippen molar-refractivity contribution in [1.82, 2.24) is 19.9 Å². The predicted molar refractivity (Wildman–Crippen MR) is 87.6 cm³/mol. The van der Waals surface area contributed by atoms with E-state index in [0.29, 0.717) is 16.6 Å². The summed E-state index contributed by atoms with van der Waals surface area (Å²) in [5, 5.41) is 0. The molecule has 0 radical (unpaired) electrons. The first-order valence-corrected chi connectivity index (χ1v) is 6.93. The summed E-state index contributed by atoms with van der Waals surface area (Å²) in [5.74, 6) is -0.677. The first-order chi connectivity index (χ1) is 11.2. The lowest BCUT2D eigenvalue weighted by Crippen LogP contribution is -2.16. The third-order valence-corrected chi connectivity index (χ3v) is 3.73. The van der Waals surface area contributed by atoms with Crippen LogP contribution in [0.5, 0.6) is 0 Å². The Morgan fingerprint density at radius 2 is 1.96 bits per heavy atom. The van der Waals surface area contributed by atoms with E-state index in [2.05, 4.69) is 19.9 Å². The van der Waals surface area contributed by atoms with Crippen LogP contribution in [-0.2, 0) is 0 Å². The van der Waals surface area contributed by atoms with E-state index >= 15 is 0 Å². The van der Waals surface area contributed by atoms with Gasteiger partial charge in [0.1, 0.15) is 0 Å². The maximum Gasteiger partial charge on any atom is 0.269 e. The fraction of sp³-hybridized carbons (Fsp3) is 0. The Labute approximate surface area is 130 Å². The number of hydrogen-bond donors (Lipinski definition) is 3. The van der Waals surface area contributed by atoms with Crippen molar-refractivity contribution in [3.05, 3.63) is 48.5 Å². The second-order valence-corrected chi connectivity index (χ2v) is 5.09. The zero-order valence-electron chi connectivity index (χ0n) is 11.9. The van der Waals surface area contributed by atoms with Gasteiger partial charge in [-0.3, -0.25) is 9.78 Å². The number of hydrogen-bond acceptors (Lipinski definition) is 5. The summed E-state index contributed by atoms with van der Waals surface area (Å²) >= 11 is 0. The Morgan fingerprint density at radius 1 is 1.09 bits per heavy atom. The molecule has 112 valence electrons. The summed E-state index contributed by atoms with van der Waals surface area (Å²) in [6.45, 7) is 0. The van der Waals surface area contributed by atoms with E-state index in [1.165, 1.54) is 0 Å². The van der Waals surface area contributed by atoms with Crippen molar-refractivity contribution in [3.8, 4) is 11.1 Å². The van der Waals surface area contributed by atoms with Gasteiger partial charge in [0.25, 0.3) is 5.91 Å². The summed E-state index contributed by atoms with van der Waals surface area (Å²) in [6, 6.07) is 9.19. The van der Waals surface area contributed by atoms with Crippen LogP contribution in [0, 0.1) is 0 Å². The lowest BCUT2D eigenvalue weighted by molar-refractivity contribution is 0.0997. The Bertz CT molecular complexity index is 1070. The number of benzene rings is 1. The van der Waals surface area contributed by atoms with Gasteiger partial charge in [0, 0.05) is 17.3 Å². The van der Waals surface area contributed by atoms with Gasteiger partial charge in [-0.25, -0.2) is 9.97 Å². The van der Waals surface area contributed by atoms with Gasteiger partial charge in [0.2, 0.25) is 0 Å². The number of nitrogens with two attached hydrogens (primary N) is 2. The molecule has 1 aromatic carbocycles. The SMILES string of the molecule is NC(=O)c1nc2cccnc2c(-c2cccc3[nH]cnc23)c1N. The van der Waals surface area contributed by atoms with E-state index in [9.17, 15) is 4.79 Å². The van der Waals surface area contributed by atoms with E-state index in [-0.39, 0.29) is 11.4 Å². The number of amides is 1. The average Bonchev–Trinajstić information content (AvgIpc) is 3.03. The van der Waals surface area contributed by atoms with E-state index in [0.717, 1.165) is 16.6 Å². The number of pyridine rings is 2. The molecule has 3 aromatic heterocycles. The average molecular weight is 304 g/mol. The molecule has 7 nitrogen and oxygen atoms in total. The highest BCUT2D eigenvalue weighted by atomic mass is 16.1. The number of nitrogen functional groups attached to an aromatic ring is 1. The molecule has 0 spiro atoms. The van der Waals surface area contributed by atoms with Gasteiger partial charge in [-0.2, -0.15) is 0 Å². The minimum atomic E-state index is -0.677. The van der Waals surface area contributed by atoms with Gasteiger partial charge in [0.05, 0.1) is 34.1 Å². The molecule has 23 heavy (non-hydrogen) atoms. The fourth-order valence-corrected chi connectivity index (χ4v) is 2.73. The number of rotatable bonds is 2. The van der Waals surface area contributed by atoms with Crippen LogP contribution in [0.3, 0.4) is 0 Å². The molecule has 0 aliphatic carbocycles. The van der Waals surface area contributed by atoms with Crippen LogP contribution in [0.25, 0.3) is 33.2 Å². The number of para-hydroxylation sites is 1. The smallest absolute Gasteiger partial charge is 0.269 e. The van der Waals surface area contributed by atoms with Gasteiger partial charge < -0.3 is 16.5 Å². The first-order valence-electron chi connectivity index (χ1n) is 6.93. The summed E-state index contributed by atoms with van der Waals surface area (Å²) < 4.78 is 0. The predicted octanol–water partition coefficient (Wildman–Crippen LogP) is 1.85. The number of carbonyl (C=O) groups is 1. The molecule has 0 saturated carbocycles. The Morgan fingerprint density at radius 3 is 2.78 bits per heavy atom. The lowest BCUT2D eigenvalue weighted by atomic mass is 9.99. The van der Waals surface area contributed by atoms with Crippen molar-refractivity contribution < 1.29 is 4.79 Å². The maximum absolute atomic E-state index is 11.7. The number of imidazole rings is 1. The standard InChI is InChI=1S/C16H12N6O/c17-12-11(8-3-1-4-9-13(8)21-7-20-9)14-10(5-2-6-19-14)22-15(12)16(18)23/h1-7H,17H2,(H2,18,23)(H,20,21). The van der Waals surface area contributed by atoms with Gasteiger partial charge in [-0.05, 0) is 18.2 Å². The lowest BCUT2D eigenvalue weighted by Gasteiger charge is -2.12. The quantitative estimate of drug-likeness (QED) is 0.521. The molecule has 4 rings (SSSR count). The van der Waals surface area contributed by atoms with Crippen molar-refractivity contribution in [2.45, 2.75) is 0 Å². The van der Waals surface area contributed by atoms with Gasteiger partial charge in [-0.1, -0.05) is 12.1 Å². The van der Waals surface area contributed by atoms with Crippen LogP contribution in [0.4, 0.5) is 5.69 Å². The number of carbonyl (C=O) groups excluding carboxylic acids is 1. The Balaban J connectivity index is 2.20. The van der Waals surface area contributed by atoms with Crippen LogP contribution in [-0.4, -0.2) is 25.8 Å². The van der Waals surface area contributed by atoms with Crippen LogP contribution in [0.15, 0.2) is 42.9 Å². The van der Waals surface area contributed by atoms with Crippen molar-refractivity contribution >= 4 is 33.7 Å². The van der Waals surface area contributed by atoms with Crippen LogP contribution < -0.4 is 11.5 Å². The van der Waals surface area contributed by atoms with E-state index in [4.69, 9.17) is 11.5 Å². The number of fused-ring (bicyclic) bond motifs is 2. The van der Waals surface area contributed by atoms with Crippen LogP contribution in [0.2, 0.25) is 0 Å². The fourth-order valence-electron chi connectivity index (χ4n) is 2.73. The second kappa shape index (κ2) is 4.77. The third kappa shape index (κ3) is 1.90. The largest absolute Gasteiger partial charge is 0.396 e. The molecule has 0 saturated heterocycles. The summed E-state index contributed by atoms with van der Waals surface area (Å²) in [5.41, 5.74) is 16.0. The normalized spacial score (nSPS) is 11.1. The third-order valence-electron chi connectivity index (χ3n) is 3.73. The topological polar surface area (TPSA) is 124 Å². The highest BCUT2D eigenvalue weighted by Crippen LogP contribution is 2.36. The molecule has 0 bridgehead atoms. The van der Waals surface area contributed by atoms with Crippen molar-refractivity contribution in [2.75, 3.05) is 5.73 Å². The zero-order chi connectivity index (χ0) is 16.0. The number of anilines is 1. The first kappa shape index (κ1) is 13.2. The highest BCUT2D eigenvalue weighted by Gasteiger charge is 2.20. The van der Waals surface area contributed by atoms with E-state index in [1.54, 1.807) is 24.7 Å². The molecular weight excluding hydrogens is 292 g/mol. The minimum absolute atomic E-state index is 0.0352. The second-order valence-electron chi connectivity index (χ2n) is 5.09. The number of H-pyrrole nitrogens is 1. The van der Waals surface area contributed by atoms with Crippen LogP contribution >= 0.6 is 0 Å². The molecule has 1 amide bonds. The number of nitrogens with one attached hydrogen (secondary N) is 1. The van der Waals surface area contributed by atoms with E-state index < -0.39 is 5.91 Å². The Kier molecular flexibility index (Phi) is 2.74. The van der Waals surface area contributed by atoms with Crippen molar-refractivity contribution in [2.24, 2.45) is 5.73 Å². The Hall–Kier alpha value is -3.48. The molecular formula is C16H12N6O. The molecule has 0 aliphatic heterocycles. The number of primary amides is 1. The van der Waals surface area contributed by atoms with Crippen molar-refractivity contribution in [1.29, 1.82) is 0 Å². The maximum atomic E-state index is 11.7. The highest BCUT2D eigenvalue weighted by molar-refractivity contribution is 6.10. The molecule has 5 N–H and O–H groups in total. The number of aromatic amines is 1. The van der Waals surface area contributed by atoms with Gasteiger partial charge in [0.15, 0.2) is 5.69 Å². The molecule has 0 unspecified atom stereocenters. The summed E-state index contributed by atoms with van der Waals surface area (Å²) in [6.07, 6.45) is 3.26. The minimum Gasteiger partial charge on any atom is -0.396 e. The number of nitrogens with zero attached hydrogens (tertiary/aromatic N) is 3. The summed E-state index contributed by atoms with van der Waals surface area (Å²) in [4.78, 5) is 27.7. The monoisotopic (exact) mass is 304 g/mol. The molecule has 0 fully saturated rings. The zero-order valence-corrected chi connectivity index (χ0v) is 11.9. The van der Waals surface area contributed by atoms with Crippen LogP contribution in [0.1, 0.15) is 10.5 Å². The molecule has 0 atom stereocenters. The molecule has 3 heterocycles. The van der Waals surface area contributed by atoms with Gasteiger partial charge in [-0.15, -0.1) is 0 Å². The van der Waals surface area contributed by atoms with E-state index in [1.807, 2.05) is 18.2 Å². The molecule has 0 aliphatic rings. The number of aromatic nitrogens is 4. The van der Waals surface area contributed by atoms with Gasteiger partial charge >= 0.3 is 0 Å². The molecule has 4 aromatic rings. The van der Waals surface area contributed by atoms with Crippen molar-refractivity contribution in [3.63, 3.8) is 0 Å². The molecule has 7 heteroatoms. The summed E-state index contributed by atoms with van der Waals surface area (Å²) in [7, 11) is 0.